The van der Waals surface area contributed by atoms with Crippen molar-refractivity contribution in [3.05, 3.63) is 28.5 Å². The topological polar surface area (TPSA) is 24.9 Å². The summed E-state index contributed by atoms with van der Waals surface area (Å²) in [4.78, 5) is 4.22. The zero-order valence-electron chi connectivity index (χ0n) is 9.91. The van der Waals surface area contributed by atoms with E-state index in [-0.39, 0.29) is 0 Å². The first-order chi connectivity index (χ1) is 7.70. The molecule has 0 spiro atoms. The van der Waals surface area contributed by atoms with Crippen LogP contribution in [0.25, 0.3) is 0 Å². The number of halogens is 1. The number of likely N-dealkylation sites (N-methyl/N-ethyl adjacent to an activating group) is 1. The third-order valence-corrected chi connectivity index (χ3v) is 3.81. The fraction of sp³-hybridized carbons (Fsp3) is 0.615. The Labute approximate surface area is 106 Å². The van der Waals surface area contributed by atoms with Gasteiger partial charge in [-0.2, -0.15) is 0 Å². The molecule has 3 unspecified atom stereocenters. The normalized spacial score (nSPS) is 25.4. The van der Waals surface area contributed by atoms with Crippen LogP contribution in [-0.4, -0.2) is 17.6 Å². The van der Waals surface area contributed by atoms with Crippen molar-refractivity contribution < 1.29 is 0 Å². The maximum atomic E-state index is 4.22. The van der Waals surface area contributed by atoms with Gasteiger partial charge in [0.2, 0.25) is 0 Å². The van der Waals surface area contributed by atoms with E-state index in [1.165, 1.54) is 12.0 Å². The highest BCUT2D eigenvalue weighted by Gasteiger charge is 2.38. The predicted molar refractivity (Wildman–Crippen MR) is 70.4 cm³/mol. The van der Waals surface area contributed by atoms with E-state index in [0.29, 0.717) is 6.04 Å². The van der Waals surface area contributed by atoms with Gasteiger partial charge in [0.15, 0.2) is 0 Å². The summed E-state index contributed by atoms with van der Waals surface area (Å²) in [5, 5.41) is 3.60. The summed E-state index contributed by atoms with van der Waals surface area (Å²) in [6.07, 6.45) is 6.28. The van der Waals surface area contributed by atoms with E-state index in [4.69, 9.17) is 0 Å². The first-order valence-electron chi connectivity index (χ1n) is 6.03. The Morgan fingerprint density at radius 2 is 2.31 bits per heavy atom. The smallest absolute Gasteiger partial charge is 0.0410 e. The maximum absolute atomic E-state index is 4.22. The number of hydrogen-bond acceptors (Lipinski definition) is 2. The predicted octanol–water partition coefficient (Wildman–Crippen LogP) is 3.02. The third-order valence-electron chi connectivity index (χ3n) is 3.37. The van der Waals surface area contributed by atoms with E-state index in [9.17, 15) is 0 Å². The molecule has 1 aromatic heterocycles. The molecule has 0 aliphatic heterocycles. The largest absolute Gasteiger partial charge is 0.314 e. The van der Waals surface area contributed by atoms with E-state index in [1.807, 2.05) is 12.4 Å². The van der Waals surface area contributed by atoms with Crippen LogP contribution in [0, 0.1) is 11.8 Å². The van der Waals surface area contributed by atoms with Gasteiger partial charge >= 0.3 is 0 Å². The molecule has 2 rings (SSSR count). The van der Waals surface area contributed by atoms with E-state index >= 15 is 0 Å². The number of aromatic nitrogens is 1. The molecule has 88 valence electrons. The summed E-state index contributed by atoms with van der Waals surface area (Å²) >= 11 is 3.47. The zero-order valence-corrected chi connectivity index (χ0v) is 11.5. The van der Waals surface area contributed by atoms with Crippen LogP contribution in [0.2, 0.25) is 0 Å². The quantitative estimate of drug-likeness (QED) is 0.898. The summed E-state index contributed by atoms with van der Waals surface area (Å²) in [5.41, 5.74) is 1.32. The molecule has 3 atom stereocenters. The average Bonchev–Trinajstić information content (AvgIpc) is 2.95. The van der Waals surface area contributed by atoms with Gasteiger partial charge in [-0.3, -0.25) is 4.98 Å². The number of pyridine rings is 1. The fourth-order valence-corrected chi connectivity index (χ4v) is 2.78. The molecule has 0 amide bonds. The molecule has 2 nitrogen and oxygen atoms in total. The van der Waals surface area contributed by atoms with Crippen LogP contribution in [0.1, 0.15) is 25.8 Å². The second-order valence-corrected chi connectivity index (χ2v) is 5.67. The highest BCUT2D eigenvalue weighted by Crippen LogP contribution is 2.41. The summed E-state index contributed by atoms with van der Waals surface area (Å²) < 4.78 is 1.07. The monoisotopic (exact) mass is 282 g/mol. The molecule has 0 radical (unpaired) electrons. The lowest BCUT2D eigenvalue weighted by molar-refractivity contribution is 0.454. The van der Waals surface area contributed by atoms with Gasteiger partial charge in [0, 0.05) is 22.9 Å². The molecule has 1 aliphatic rings. The van der Waals surface area contributed by atoms with Crippen LogP contribution in [0.15, 0.2) is 22.9 Å². The van der Waals surface area contributed by atoms with Crippen LogP contribution in [0.4, 0.5) is 0 Å². The molecule has 1 aromatic rings. The van der Waals surface area contributed by atoms with Gasteiger partial charge < -0.3 is 5.32 Å². The molecule has 0 aromatic carbocycles. The first-order valence-corrected chi connectivity index (χ1v) is 6.82. The SMILES string of the molecule is CCNC(Cc1cncc(Br)c1)C1CC1C. The minimum Gasteiger partial charge on any atom is -0.314 e. The van der Waals surface area contributed by atoms with Gasteiger partial charge in [0.25, 0.3) is 0 Å². The highest BCUT2D eigenvalue weighted by molar-refractivity contribution is 9.10. The van der Waals surface area contributed by atoms with E-state index in [0.717, 1.165) is 29.3 Å². The summed E-state index contributed by atoms with van der Waals surface area (Å²) in [5.74, 6) is 1.75. The van der Waals surface area contributed by atoms with Gasteiger partial charge in [-0.25, -0.2) is 0 Å². The van der Waals surface area contributed by atoms with Gasteiger partial charge in [-0.05, 0) is 58.8 Å². The first kappa shape index (κ1) is 12.1. The number of nitrogens with zero attached hydrogens (tertiary/aromatic N) is 1. The Kier molecular flexibility index (Phi) is 3.98. The Morgan fingerprint density at radius 3 is 2.88 bits per heavy atom. The molecule has 0 bridgehead atoms. The maximum Gasteiger partial charge on any atom is 0.0410 e. The molecule has 1 aliphatic carbocycles. The standard InChI is InChI=1S/C13H19BrN2/c1-3-16-13(12-4-9(12)2)6-10-5-11(14)8-15-7-10/h5,7-9,12-13,16H,3-4,6H2,1-2H3. The summed E-state index contributed by atoms with van der Waals surface area (Å²) in [7, 11) is 0. The van der Waals surface area contributed by atoms with Crippen molar-refractivity contribution in [2.24, 2.45) is 11.8 Å². The van der Waals surface area contributed by atoms with Gasteiger partial charge in [0.1, 0.15) is 0 Å². The lowest BCUT2D eigenvalue weighted by Crippen LogP contribution is -2.33. The van der Waals surface area contributed by atoms with Gasteiger partial charge in [-0.1, -0.05) is 13.8 Å². The lowest BCUT2D eigenvalue weighted by atomic mass is 10.0. The van der Waals surface area contributed by atoms with Crippen molar-refractivity contribution in [2.75, 3.05) is 6.54 Å². The summed E-state index contributed by atoms with van der Waals surface area (Å²) in [6, 6.07) is 2.79. The Morgan fingerprint density at radius 1 is 1.56 bits per heavy atom. The fourth-order valence-electron chi connectivity index (χ4n) is 2.37. The number of nitrogens with one attached hydrogen (secondary N) is 1. The number of hydrogen-bond donors (Lipinski definition) is 1. The second-order valence-electron chi connectivity index (χ2n) is 4.76. The minimum atomic E-state index is 0.621. The van der Waals surface area contributed by atoms with E-state index < -0.39 is 0 Å². The molecular formula is C13H19BrN2. The number of rotatable bonds is 5. The highest BCUT2D eigenvalue weighted by atomic mass is 79.9. The van der Waals surface area contributed by atoms with Crippen molar-refractivity contribution in [3.8, 4) is 0 Å². The van der Waals surface area contributed by atoms with Crippen molar-refractivity contribution in [1.29, 1.82) is 0 Å². The molecule has 1 saturated carbocycles. The zero-order chi connectivity index (χ0) is 11.5. The van der Waals surface area contributed by atoms with Crippen LogP contribution >= 0.6 is 15.9 Å². The third kappa shape index (κ3) is 3.05. The Balaban J connectivity index is 1.99. The van der Waals surface area contributed by atoms with Gasteiger partial charge in [0.05, 0.1) is 0 Å². The minimum absolute atomic E-state index is 0.621. The molecule has 1 N–H and O–H groups in total. The second kappa shape index (κ2) is 5.28. The molecule has 3 heteroatoms. The van der Waals surface area contributed by atoms with Crippen molar-refractivity contribution >= 4 is 15.9 Å². The average molecular weight is 283 g/mol. The van der Waals surface area contributed by atoms with Crippen molar-refractivity contribution in [1.82, 2.24) is 10.3 Å². The van der Waals surface area contributed by atoms with E-state index in [2.05, 4.69) is 46.1 Å². The van der Waals surface area contributed by atoms with Crippen LogP contribution in [-0.2, 0) is 6.42 Å². The lowest BCUT2D eigenvalue weighted by Gasteiger charge is -2.17. The van der Waals surface area contributed by atoms with Crippen LogP contribution in [0.5, 0.6) is 0 Å². The molecule has 1 fully saturated rings. The van der Waals surface area contributed by atoms with Gasteiger partial charge in [-0.15, -0.1) is 0 Å². The van der Waals surface area contributed by atoms with Crippen LogP contribution in [0.3, 0.4) is 0 Å². The Hall–Kier alpha value is -0.410. The van der Waals surface area contributed by atoms with Crippen molar-refractivity contribution in [3.63, 3.8) is 0 Å². The van der Waals surface area contributed by atoms with E-state index in [1.54, 1.807) is 0 Å². The molecule has 16 heavy (non-hydrogen) atoms. The summed E-state index contributed by atoms with van der Waals surface area (Å²) in [6.45, 7) is 5.57. The molecule has 0 saturated heterocycles. The van der Waals surface area contributed by atoms with Crippen molar-refractivity contribution in [2.45, 2.75) is 32.7 Å². The molecule has 1 heterocycles. The molecular weight excluding hydrogens is 264 g/mol. The van der Waals surface area contributed by atoms with Crippen LogP contribution < -0.4 is 5.32 Å². The Bertz CT molecular complexity index is 354.